The lowest BCUT2D eigenvalue weighted by Crippen LogP contribution is -2.46. The van der Waals surface area contributed by atoms with Crippen molar-refractivity contribution in [3.8, 4) is 0 Å². The zero-order chi connectivity index (χ0) is 15.3. The molecule has 0 aliphatic heterocycles. The molecule has 0 spiro atoms. The standard InChI is InChI=1S/C18H35NO2/c1-14-6-9-17(12-15(14)2)21-11-5-4-10-18(3,13-20)19-16-7-8-16/h14-17,19-20H,4-13H2,1-3H3. The fraction of sp³-hybridized carbons (Fsp3) is 1.00. The Morgan fingerprint density at radius 3 is 2.48 bits per heavy atom. The lowest BCUT2D eigenvalue weighted by atomic mass is 9.80. The number of aliphatic hydroxyl groups is 1. The Kier molecular flexibility index (Phi) is 6.51. The van der Waals surface area contributed by atoms with Crippen molar-refractivity contribution in [1.82, 2.24) is 5.32 Å². The molecule has 0 heterocycles. The van der Waals surface area contributed by atoms with Gasteiger partial charge in [0.15, 0.2) is 0 Å². The molecule has 4 atom stereocenters. The normalized spacial score (nSPS) is 32.9. The summed E-state index contributed by atoms with van der Waals surface area (Å²) in [6.45, 7) is 8.00. The Morgan fingerprint density at radius 2 is 1.86 bits per heavy atom. The Hall–Kier alpha value is -0.120. The highest BCUT2D eigenvalue weighted by Crippen LogP contribution is 2.31. The smallest absolute Gasteiger partial charge is 0.0610 e. The second-order valence-electron chi connectivity index (χ2n) is 7.85. The van der Waals surface area contributed by atoms with Crippen LogP contribution in [-0.2, 0) is 4.74 Å². The zero-order valence-corrected chi connectivity index (χ0v) is 14.2. The SMILES string of the molecule is CC1CCC(OCCCCC(C)(CO)NC2CC2)CC1C. The molecule has 2 saturated carbocycles. The third kappa shape index (κ3) is 5.88. The van der Waals surface area contributed by atoms with Crippen molar-refractivity contribution in [2.75, 3.05) is 13.2 Å². The average Bonchev–Trinajstić information content (AvgIpc) is 3.26. The van der Waals surface area contributed by atoms with Gasteiger partial charge in [-0.15, -0.1) is 0 Å². The minimum absolute atomic E-state index is 0.0873. The third-order valence-electron chi connectivity index (χ3n) is 5.51. The maximum absolute atomic E-state index is 9.58. The van der Waals surface area contributed by atoms with E-state index in [1.165, 1.54) is 32.1 Å². The molecule has 0 amide bonds. The minimum Gasteiger partial charge on any atom is -0.394 e. The van der Waals surface area contributed by atoms with Gasteiger partial charge in [-0.2, -0.15) is 0 Å². The van der Waals surface area contributed by atoms with E-state index in [-0.39, 0.29) is 12.1 Å². The number of hydrogen-bond donors (Lipinski definition) is 2. The molecule has 2 rings (SSSR count). The van der Waals surface area contributed by atoms with Crippen LogP contribution in [-0.4, -0.2) is 36.0 Å². The van der Waals surface area contributed by atoms with Gasteiger partial charge in [0.2, 0.25) is 0 Å². The number of hydrogen-bond acceptors (Lipinski definition) is 3. The summed E-state index contributed by atoms with van der Waals surface area (Å²) in [5, 5.41) is 13.2. The van der Waals surface area contributed by atoms with Crippen LogP contribution in [0, 0.1) is 11.8 Å². The van der Waals surface area contributed by atoms with Crippen LogP contribution in [0.15, 0.2) is 0 Å². The summed E-state index contributed by atoms with van der Waals surface area (Å²) in [7, 11) is 0. The molecule has 2 aliphatic carbocycles. The van der Waals surface area contributed by atoms with E-state index in [1.54, 1.807) is 0 Å². The molecule has 0 saturated heterocycles. The van der Waals surface area contributed by atoms with Crippen LogP contribution in [0.5, 0.6) is 0 Å². The van der Waals surface area contributed by atoms with E-state index in [2.05, 4.69) is 26.1 Å². The molecule has 0 bridgehead atoms. The quantitative estimate of drug-likeness (QED) is 0.640. The van der Waals surface area contributed by atoms with Gasteiger partial charge in [-0.3, -0.25) is 0 Å². The van der Waals surface area contributed by atoms with Crippen LogP contribution < -0.4 is 5.32 Å². The Balaban J connectivity index is 1.54. The molecule has 4 unspecified atom stereocenters. The number of ether oxygens (including phenoxy) is 1. The van der Waals surface area contributed by atoms with E-state index in [0.29, 0.717) is 12.1 Å². The first-order chi connectivity index (χ1) is 10.0. The summed E-state index contributed by atoms with van der Waals surface area (Å²) < 4.78 is 6.06. The van der Waals surface area contributed by atoms with Gasteiger partial charge < -0.3 is 15.2 Å². The molecule has 124 valence electrons. The first kappa shape index (κ1) is 17.2. The molecule has 2 fully saturated rings. The fourth-order valence-corrected chi connectivity index (χ4v) is 3.43. The lowest BCUT2D eigenvalue weighted by Gasteiger charge is -2.32. The minimum atomic E-state index is -0.0873. The van der Waals surface area contributed by atoms with Crippen LogP contribution in [0.2, 0.25) is 0 Å². The van der Waals surface area contributed by atoms with Gasteiger partial charge >= 0.3 is 0 Å². The molecular weight excluding hydrogens is 262 g/mol. The molecule has 21 heavy (non-hydrogen) atoms. The Labute approximate surface area is 130 Å². The van der Waals surface area contributed by atoms with E-state index < -0.39 is 0 Å². The molecule has 3 nitrogen and oxygen atoms in total. The van der Waals surface area contributed by atoms with Crippen LogP contribution in [0.1, 0.15) is 72.1 Å². The summed E-state index contributed by atoms with van der Waals surface area (Å²) in [6.07, 6.45) is 10.1. The van der Waals surface area contributed by atoms with Crippen molar-refractivity contribution in [2.45, 2.75) is 89.8 Å². The van der Waals surface area contributed by atoms with Crippen molar-refractivity contribution in [1.29, 1.82) is 0 Å². The maximum atomic E-state index is 9.58. The van der Waals surface area contributed by atoms with E-state index >= 15 is 0 Å². The van der Waals surface area contributed by atoms with E-state index in [0.717, 1.165) is 37.7 Å². The van der Waals surface area contributed by atoms with Crippen molar-refractivity contribution in [3.05, 3.63) is 0 Å². The predicted molar refractivity (Wildman–Crippen MR) is 87.4 cm³/mol. The topological polar surface area (TPSA) is 41.5 Å². The van der Waals surface area contributed by atoms with Gasteiger partial charge in [-0.25, -0.2) is 0 Å². The second-order valence-corrected chi connectivity index (χ2v) is 7.85. The van der Waals surface area contributed by atoms with E-state index in [9.17, 15) is 5.11 Å². The molecule has 0 aromatic rings. The summed E-state index contributed by atoms with van der Waals surface area (Å²) in [4.78, 5) is 0. The van der Waals surface area contributed by atoms with E-state index in [1.807, 2.05) is 0 Å². The summed E-state index contributed by atoms with van der Waals surface area (Å²) in [5.74, 6) is 1.67. The highest BCUT2D eigenvalue weighted by Gasteiger charge is 2.31. The van der Waals surface area contributed by atoms with Crippen LogP contribution in [0.4, 0.5) is 0 Å². The van der Waals surface area contributed by atoms with Crippen LogP contribution in [0.3, 0.4) is 0 Å². The first-order valence-electron chi connectivity index (χ1n) is 9.02. The molecule has 0 aromatic carbocycles. The van der Waals surface area contributed by atoms with Crippen LogP contribution in [0.25, 0.3) is 0 Å². The van der Waals surface area contributed by atoms with Gasteiger partial charge in [0, 0.05) is 18.2 Å². The van der Waals surface area contributed by atoms with Crippen molar-refractivity contribution in [3.63, 3.8) is 0 Å². The summed E-state index contributed by atoms with van der Waals surface area (Å²) in [6, 6.07) is 0.657. The predicted octanol–water partition coefficient (Wildman–Crippen LogP) is 3.50. The van der Waals surface area contributed by atoms with Gasteiger partial charge in [-0.1, -0.05) is 13.8 Å². The maximum Gasteiger partial charge on any atom is 0.0610 e. The largest absolute Gasteiger partial charge is 0.394 e. The molecular formula is C18H35NO2. The number of rotatable bonds is 9. The molecule has 0 aromatic heterocycles. The summed E-state index contributed by atoms with van der Waals surface area (Å²) in [5.41, 5.74) is -0.0873. The zero-order valence-electron chi connectivity index (χ0n) is 14.2. The van der Waals surface area contributed by atoms with E-state index in [4.69, 9.17) is 4.74 Å². The third-order valence-corrected chi connectivity index (χ3v) is 5.51. The highest BCUT2D eigenvalue weighted by atomic mass is 16.5. The van der Waals surface area contributed by atoms with Crippen molar-refractivity contribution in [2.24, 2.45) is 11.8 Å². The molecule has 2 aliphatic rings. The molecule has 2 N–H and O–H groups in total. The second kappa shape index (κ2) is 7.94. The monoisotopic (exact) mass is 297 g/mol. The lowest BCUT2D eigenvalue weighted by molar-refractivity contribution is 0.000244. The van der Waals surface area contributed by atoms with Crippen molar-refractivity contribution < 1.29 is 9.84 Å². The van der Waals surface area contributed by atoms with Gasteiger partial charge in [0.05, 0.1) is 12.7 Å². The molecule has 3 heteroatoms. The fourth-order valence-electron chi connectivity index (χ4n) is 3.43. The van der Waals surface area contributed by atoms with Gasteiger partial charge in [-0.05, 0) is 70.1 Å². The van der Waals surface area contributed by atoms with Gasteiger partial charge in [0.1, 0.15) is 0 Å². The number of unbranched alkanes of at least 4 members (excludes halogenated alkanes) is 1. The first-order valence-corrected chi connectivity index (χ1v) is 9.02. The summed E-state index contributed by atoms with van der Waals surface area (Å²) >= 11 is 0. The van der Waals surface area contributed by atoms with Gasteiger partial charge in [0.25, 0.3) is 0 Å². The molecule has 0 radical (unpaired) electrons. The van der Waals surface area contributed by atoms with Crippen LogP contribution >= 0.6 is 0 Å². The Morgan fingerprint density at radius 1 is 1.10 bits per heavy atom. The number of nitrogens with one attached hydrogen (secondary N) is 1. The average molecular weight is 297 g/mol. The van der Waals surface area contributed by atoms with Crippen molar-refractivity contribution >= 4 is 0 Å². The highest BCUT2D eigenvalue weighted by molar-refractivity contribution is 4.92. The number of aliphatic hydroxyl groups excluding tert-OH is 1. The Bertz CT molecular complexity index is 306.